The lowest BCUT2D eigenvalue weighted by atomic mass is 10.2. The molecule has 2 N–H and O–H groups in total. The summed E-state index contributed by atoms with van der Waals surface area (Å²) in [7, 11) is -1.41. The number of aliphatic imine (C=N–C) groups is 1. The van der Waals surface area contributed by atoms with Crippen LogP contribution in [0.3, 0.4) is 0 Å². The Labute approximate surface area is 132 Å². The van der Waals surface area contributed by atoms with Crippen molar-refractivity contribution in [2.24, 2.45) is 4.99 Å². The van der Waals surface area contributed by atoms with Gasteiger partial charge in [0.15, 0.2) is 5.96 Å². The van der Waals surface area contributed by atoms with E-state index in [2.05, 4.69) is 20.2 Å². The fourth-order valence-corrected chi connectivity index (χ4v) is 3.89. The van der Waals surface area contributed by atoms with E-state index in [4.69, 9.17) is 0 Å². The number of guanidine groups is 1. The summed E-state index contributed by atoms with van der Waals surface area (Å²) < 4.78 is 27.1. The zero-order chi connectivity index (χ0) is 16.0. The largest absolute Gasteiger partial charge is 0.355 e. The second-order valence-electron chi connectivity index (χ2n) is 5.47. The predicted molar refractivity (Wildman–Crippen MR) is 88.4 cm³/mol. The molecule has 0 aliphatic carbocycles. The second kappa shape index (κ2) is 7.64. The second-order valence-corrected chi connectivity index (χ2v) is 7.41. The van der Waals surface area contributed by atoms with Crippen LogP contribution < -0.4 is 10.6 Å². The summed E-state index contributed by atoms with van der Waals surface area (Å²) in [6.07, 6.45) is 7.11. The zero-order valence-corrected chi connectivity index (χ0v) is 14.0. The molecule has 124 valence electrons. The highest BCUT2D eigenvalue weighted by atomic mass is 32.2. The summed E-state index contributed by atoms with van der Waals surface area (Å²) in [6.45, 7) is 2.81. The molecular weight excluding hydrogens is 302 g/mol. The van der Waals surface area contributed by atoms with E-state index in [0.717, 1.165) is 25.9 Å². The maximum Gasteiger partial charge on any atom is 0.211 e. The molecule has 2 heterocycles. The summed E-state index contributed by atoms with van der Waals surface area (Å²) in [5, 5.41) is 6.45. The topological polar surface area (TPSA) is 78.7 Å². The van der Waals surface area contributed by atoms with Gasteiger partial charge in [0.05, 0.1) is 6.26 Å². The van der Waals surface area contributed by atoms with Crippen LogP contribution in [-0.4, -0.2) is 62.2 Å². The molecule has 1 atom stereocenters. The van der Waals surface area contributed by atoms with Gasteiger partial charge in [0.25, 0.3) is 0 Å². The molecule has 2 rings (SSSR count). The Bertz CT molecular complexity index is 582. The first-order valence-corrected chi connectivity index (χ1v) is 9.37. The highest BCUT2D eigenvalue weighted by Gasteiger charge is 2.31. The van der Waals surface area contributed by atoms with E-state index in [0.29, 0.717) is 19.0 Å². The van der Waals surface area contributed by atoms with E-state index >= 15 is 0 Å². The average molecular weight is 327 g/mol. The van der Waals surface area contributed by atoms with Crippen LogP contribution in [0.25, 0.3) is 0 Å². The summed E-state index contributed by atoms with van der Waals surface area (Å²) in [5.74, 6) is 0.701. The van der Waals surface area contributed by atoms with Gasteiger partial charge in [-0.1, -0.05) is 0 Å². The molecule has 1 aromatic rings. The molecule has 0 amide bonds. The minimum atomic E-state index is -3.12. The van der Waals surface area contributed by atoms with Crippen molar-refractivity contribution in [1.82, 2.24) is 19.5 Å². The molecule has 0 aromatic carbocycles. The molecular formula is C14H25N5O2S. The van der Waals surface area contributed by atoms with Gasteiger partial charge in [-0.15, -0.1) is 0 Å². The average Bonchev–Trinajstić information content (AvgIpc) is 3.12. The number of sulfonamides is 1. The highest BCUT2D eigenvalue weighted by Crippen LogP contribution is 2.19. The Morgan fingerprint density at radius 2 is 2.05 bits per heavy atom. The van der Waals surface area contributed by atoms with Crippen molar-refractivity contribution in [3.63, 3.8) is 0 Å². The summed E-state index contributed by atoms with van der Waals surface area (Å²) >= 11 is 0. The van der Waals surface area contributed by atoms with E-state index in [-0.39, 0.29) is 6.04 Å². The molecule has 7 nitrogen and oxygen atoms in total. The Hall–Kier alpha value is -1.54. The number of nitrogens with zero attached hydrogens (tertiary/aromatic N) is 3. The molecule has 1 aromatic heterocycles. The van der Waals surface area contributed by atoms with Gasteiger partial charge in [0, 0.05) is 51.7 Å². The summed E-state index contributed by atoms with van der Waals surface area (Å²) in [6, 6.07) is 4.00. The molecule has 22 heavy (non-hydrogen) atoms. The standard InChI is InChI=1S/C14H25N5O2S/c1-15-14(16-7-11-18-8-3-4-9-18)17-12-13-6-5-10-19(13)22(2,20)21/h3-4,8-9,13H,5-7,10-12H2,1-2H3,(H2,15,16,17)/t13-/m1/s1. The van der Waals surface area contributed by atoms with Gasteiger partial charge in [0.1, 0.15) is 0 Å². The Morgan fingerprint density at radius 1 is 1.32 bits per heavy atom. The number of hydrogen-bond donors (Lipinski definition) is 2. The molecule has 1 saturated heterocycles. The third-order valence-corrected chi connectivity index (χ3v) is 5.14. The maximum atomic E-state index is 11.7. The van der Waals surface area contributed by atoms with Crippen LogP contribution in [-0.2, 0) is 16.6 Å². The smallest absolute Gasteiger partial charge is 0.211 e. The van der Waals surface area contributed by atoms with Gasteiger partial charge in [-0.3, -0.25) is 4.99 Å². The number of aromatic nitrogens is 1. The van der Waals surface area contributed by atoms with Crippen molar-refractivity contribution in [3.05, 3.63) is 24.5 Å². The van der Waals surface area contributed by atoms with E-state index in [1.165, 1.54) is 6.26 Å². The zero-order valence-electron chi connectivity index (χ0n) is 13.2. The van der Waals surface area contributed by atoms with Crippen LogP contribution in [0.1, 0.15) is 12.8 Å². The fraction of sp³-hybridized carbons (Fsp3) is 0.643. The van der Waals surface area contributed by atoms with Crippen molar-refractivity contribution >= 4 is 16.0 Å². The van der Waals surface area contributed by atoms with Gasteiger partial charge in [-0.05, 0) is 25.0 Å². The lowest BCUT2D eigenvalue weighted by molar-refractivity contribution is 0.387. The molecule has 1 aliphatic heterocycles. The predicted octanol–water partition coefficient (Wildman–Crippen LogP) is 0.0771. The first-order chi connectivity index (χ1) is 10.5. The summed E-state index contributed by atoms with van der Waals surface area (Å²) in [5.41, 5.74) is 0. The van der Waals surface area contributed by atoms with Crippen molar-refractivity contribution in [2.45, 2.75) is 25.4 Å². The minimum Gasteiger partial charge on any atom is -0.355 e. The molecule has 0 spiro atoms. The first-order valence-electron chi connectivity index (χ1n) is 7.53. The SMILES string of the molecule is CN=C(NCCn1cccc1)NC[C@H]1CCCN1S(C)(=O)=O. The quantitative estimate of drug-likeness (QED) is 0.573. The third-order valence-electron chi connectivity index (χ3n) is 3.81. The number of hydrogen-bond acceptors (Lipinski definition) is 3. The van der Waals surface area contributed by atoms with Crippen molar-refractivity contribution < 1.29 is 8.42 Å². The van der Waals surface area contributed by atoms with E-state index in [1.54, 1.807) is 11.4 Å². The number of rotatable bonds is 6. The van der Waals surface area contributed by atoms with Gasteiger partial charge >= 0.3 is 0 Å². The van der Waals surface area contributed by atoms with Crippen molar-refractivity contribution in [3.8, 4) is 0 Å². The number of nitrogens with one attached hydrogen (secondary N) is 2. The Balaban J connectivity index is 1.76. The molecule has 0 radical (unpaired) electrons. The molecule has 0 unspecified atom stereocenters. The van der Waals surface area contributed by atoms with Crippen LogP contribution in [0.5, 0.6) is 0 Å². The molecule has 1 aliphatic rings. The summed E-state index contributed by atoms with van der Waals surface area (Å²) in [4.78, 5) is 4.17. The Morgan fingerprint density at radius 3 is 2.68 bits per heavy atom. The third kappa shape index (κ3) is 4.74. The van der Waals surface area contributed by atoms with Gasteiger partial charge in [-0.2, -0.15) is 4.31 Å². The van der Waals surface area contributed by atoms with Crippen LogP contribution in [0.15, 0.2) is 29.5 Å². The molecule has 0 saturated carbocycles. The van der Waals surface area contributed by atoms with Gasteiger partial charge in [-0.25, -0.2) is 8.42 Å². The molecule has 1 fully saturated rings. The van der Waals surface area contributed by atoms with Crippen LogP contribution in [0, 0.1) is 0 Å². The molecule has 0 bridgehead atoms. The highest BCUT2D eigenvalue weighted by molar-refractivity contribution is 7.88. The monoisotopic (exact) mass is 327 g/mol. The van der Waals surface area contributed by atoms with E-state index < -0.39 is 10.0 Å². The van der Waals surface area contributed by atoms with Crippen LogP contribution in [0.4, 0.5) is 0 Å². The lowest BCUT2D eigenvalue weighted by Crippen LogP contribution is -2.46. The van der Waals surface area contributed by atoms with Gasteiger partial charge < -0.3 is 15.2 Å². The molecule has 8 heteroatoms. The van der Waals surface area contributed by atoms with E-state index in [1.807, 2.05) is 24.5 Å². The van der Waals surface area contributed by atoms with Crippen LogP contribution >= 0.6 is 0 Å². The maximum absolute atomic E-state index is 11.7. The first kappa shape index (κ1) is 16.8. The minimum absolute atomic E-state index is 0.0120. The van der Waals surface area contributed by atoms with Crippen LogP contribution in [0.2, 0.25) is 0 Å². The fourth-order valence-electron chi connectivity index (χ4n) is 2.71. The van der Waals surface area contributed by atoms with Gasteiger partial charge in [0.2, 0.25) is 10.0 Å². The normalized spacial score (nSPS) is 20.3. The Kier molecular flexibility index (Phi) is 5.84. The lowest BCUT2D eigenvalue weighted by Gasteiger charge is -2.23. The van der Waals surface area contributed by atoms with Crippen molar-refractivity contribution in [2.75, 3.05) is 32.9 Å². The van der Waals surface area contributed by atoms with Crippen molar-refractivity contribution in [1.29, 1.82) is 0 Å². The van der Waals surface area contributed by atoms with E-state index in [9.17, 15) is 8.42 Å².